The molecule has 3 heterocycles. The number of hydrogen-bond acceptors (Lipinski definition) is 6. The number of carbonyl (C=O) groups excluding carboxylic acids is 1. The highest BCUT2D eigenvalue weighted by Crippen LogP contribution is 2.30. The smallest absolute Gasteiger partial charge is 0.333 e. The maximum absolute atomic E-state index is 13.5. The van der Waals surface area contributed by atoms with Crippen molar-refractivity contribution in [2.45, 2.75) is 13.5 Å². The molecule has 5 aromatic rings. The summed E-state index contributed by atoms with van der Waals surface area (Å²) in [5.41, 5.74) is 1.60. The third-order valence-corrected chi connectivity index (χ3v) is 5.82. The Balaban J connectivity index is 1.86. The lowest BCUT2D eigenvalue weighted by Gasteiger charge is -2.10. The van der Waals surface area contributed by atoms with Gasteiger partial charge in [-0.25, -0.2) is 9.36 Å². The quantitative estimate of drug-likeness (QED) is 0.351. The molecule has 10 nitrogen and oxygen atoms in total. The second kappa shape index (κ2) is 8.64. The Hall–Kier alpha value is -4.60. The van der Waals surface area contributed by atoms with E-state index >= 15 is 0 Å². The highest BCUT2D eigenvalue weighted by Gasteiger charge is 2.23. The predicted octanol–water partition coefficient (Wildman–Crippen LogP) is 2.38. The summed E-state index contributed by atoms with van der Waals surface area (Å²) in [7, 11) is 3.11. The molecule has 0 radical (unpaired) electrons. The van der Waals surface area contributed by atoms with E-state index < -0.39 is 23.8 Å². The van der Waals surface area contributed by atoms with Gasteiger partial charge in [-0.1, -0.05) is 36.4 Å². The number of imidazole rings is 2. The van der Waals surface area contributed by atoms with Crippen molar-refractivity contribution >= 4 is 22.9 Å². The average molecular weight is 473 g/mol. The van der Waals surface area contributed by atoms with E-state index in [1.54, 1.807) is 24.6 Å². The van der Waals surface area contributed by atoms with E-state index in [1.807, 2.05) is 59.2 Å². The van der Waals surface area contributed by atoms with Crippen molar-refractivity contribution in [1.29, 1.82) is 0 Å². The maximum Gasteiger partial charge on any atom is 0.333 e. The first kappa shape index (κ1) is 22.2. The number of aromatic nitrogens is 5. The molecule has 0 aliphatic rings. The SMILES string of the molecule is CCOC(=O)Cn1c(=O)c2c(nc3n(-c4cccc(OC)c4)c(-c4ccccc4)cn23)n(C)c1=O. The summed E-state index contributed by atoms with van der Waals surface area (Å²) in [5, 5.41) is 0. The van der Waals surface area contributed by atoms with Crippen LogP contribution in [0.2, 0.25) is 0 Å². The number of hydrogen-bond donors (Lipinski definition) is 0. The van der Waals surface area contributed by atoms with Crippen molar-refractivity contribution in [3.63, 3.8) is 0 Å². The van der Waals surface area contributed by atoms with Crippen molar-refractivity contribution in [2.75, 3.05) is 13.7 Å². The summed E-state index contributed by atoms with van der Waals surface area (Å²) in [6.45, 7) is 1.33. The summed E-state index contributed by atoms with van der Waals surface area (Å²) in [4.78, 5) is 43.2. The fourth-order valence-electron chi connectivity index (χ4n) is 4.19. The van der Waals surface area contributed by atoms with Gasteiger partial charge in [-0.05, 0) is 19.1 Å². The minimum atomic E-state index is -0.661. The Bertz CT molecular complexity index is 1690. The normalized spacial score (nSPS) is 11.3. The molecule has 35 heavy (non-hydrogen) atoms. The Morgan fingerprint density at radius 2 is 1.83 bits per heavy atom. The van der Waals surface area contributed by atoms with Crippen LogP contribution in [0.25, 0.3) is 33.9 Å². The molecular formula is C25H23N5O5. The molecule has 0 spiro atoms. The minimum Gasteiger partial charge on any atom is -0.497 e. The van der Waals surface area contributed by atoms with Gasteiger partial charge in [-0.2, -0.15) is 4.98 Å². The Labute approximate surface area is 199 Å². The number of methoxy groups -OCH3 is 1. The molecule has 3 aromatic heterocycles. The minimum absolute atomic E-state index is 0.150. The van der Waals surface area contributed by atoms with Crippen molar-refractivity contribution in [2.24, 2.45) is 7.05 Å². The van der Waals surface area contributed by atoms with Gasteiger partial charge in [0.25, 0.3) is 5.56 Å². The van der Waals surface area contributed by atoms with Crippen LogP contribution < -0.4 is 16.0 Å². The van der Waals surface area contributed by atoms with Crippen LogP contribution in [0.15, 0.2) is 70.4 Å². The molecule has 10 heteroatoms. The number of fused-ring (bicyclic) bond motifs is 3. The number of rotatable bonds is 6. The molecule has 0 bridgehead atoms. The highest BCUT2D eigenvalue weighted by molar-refractivity contribution is 5.80. The second-order valence-electron chi connectivity index (χ2n) is 7.91. The van der Waals surface area contributed by atoms with Crippen LogP contribution in [0, 0.1) is 0 Å². The summed E-state index contributed by atoms with van der Waals surface area (Å²) < 4.78 is 16.1. The number of esters is 1. The van der Waals surface area contributed by atoms with Crippen LogP contribution in [0.1, 0.15) is 6.92 Å². The van der Waals surface area contributed by atoms with Crippen LogP contribution in [0.4, 0.5) is 0 Å². The van der Waals surface area contributed by atoms with Gasteiger partial charge in [-0.3, -0.25) is 23.1 Å². The Kier molecular flexibility index (Phi) is 5.48. The molecule has 0 amide bonds. The molecule has 0 aliphatic heterocycles. The summed E-state index contributed by atoms with van der Waals surface area (Å²) >= 11 is 0. The van der Waals surface area contributed by atoms with E-state index in [0.29, 0.717) is 11.5 Å². The maximum atomic E-state index is 13.5. The van der Waals surface area contributed by atoms with Gasteiger partial charge in [0.1, 0.15) is 12.3 Å². The third kappa shape index (κ3) is 3.59. The molecule has 178 valence electrons. The fraction of sp³-hybridized carbons (Fsp3) is 0.200. The predicted molar refractivity (Wildman–Crippen MR) is 130 cm³/mol. The number of aryl methyl sites for hydroxylation is 1. The number of ether oxygens (including phenoxy) is 2. The van der Waals surface area contributed by atoms with Crippen LogP contribution in [-0.4, -0.2) is 42.8 Å². The van der Waals surface area contributed by atoms with Crippen molar-refractivity contribution < 1.29 is 14.3 Å². The van der Waals surface area contributed by atoms with Gasteiger partial charge in [0.2, 0.25) is 5.78 Å². The molecule has 0 fully saturated rings. The highest BCUT2D eigenvalue weighted by atomic mass is 16.5. The van der Waals surface area contributed by atoms with Gasteiger partial charge in [0.05, 0.1) is 25.1 Å². The summed E-state index contributed by atoms with van der Waals surface area (Å²) in [6.07, 6.45) is 1.81. The Morgan fingerprint density at radius 1 is 1.06 bits per heavy atom. The van der Waals surface area contributed by atoms with E-state index in [9.17, 15) is 14.4 Å². The number of nitrogens with zero attached hydrogens (tertiary/aromatic N) is 5. The zero-order chi connectivity index (χ0) is 24.7. The third-order valence-electron chi connectivity index (χ3n) is 5.82. The summed E-state index contributed by atoms with van der Waals surface area (Å²) in [6, 6.07) is 17.2. The van der Waals surface area contributed by atoms with Crippen molar-refractivity contribution in [3.05, 3.63) is 81.6 Å². The monoisotopic (exact) mass is 473 g/mol. The second-order valence-corrected chi connectivity index (χ2v) is 7.91. The van der Waals surface area contributed by atoms with E-state index in [-0.39, 0.29) is 17.8 Å². The Morgan fingerprint density at radius 3 is 2.54 bits per heavy atom. The van der Waals surface area contributed by atoms with Crippen LogP contribution in [-0.2, 0) is 23.1 Å². The first-order valence-electron chi connectivity index (χ1n) is 11.0. The van der Waals surface area contributed by atoms with Crippen LogP contribution >= 0.6 is 0 Å². The van der Waals surface area contributed by atoms with Gasteiger partial charge in [-0.15, -0.1) is 0 Å². The van der Waals surface area contributed by atoms with Gasteiger partial charge >= 0.3 is 11.7 Å². The fourth-order valence-corrected chi connectivity index (χ4v) is 4.19. The first-order valence-corrected chi connectivity index (χ1v) is 11.0. The molecule has 0 unspecified atom stereocenters. The molecule has 0 saturated carbocycles. The van der Waals surface area contributed by atoms with Crippen LogP contribution in [0.3, 0.4) is 0 Å². The molecule has 0 N–H and O–H groups in total. The summed E-state index contributed by atoms with van der Waals surface area (Å²) in [5.74, 6) is 0.437. The average Bonchev–Trinajstić information content (AvgIpc) is 3.42. The topological polar surface area (TPSA) is 102 Å². The standard InChI is InChI=1S/C25H23N5O5/c1-4-35-20(31)15-29-23(32)21-22(27(2)25(29)33)26-24-28(21)14-19(16-9-6-5-7-10-16)30(24)17-11-8-12-18(13-17)34-3/h5-14H,4,15H2,1-3H3. The zero-order valence-electron chi connectivity index (χ0n) is 19.5. The van der Waals surface area contributed by atoms with Gasteiger partial charge in [0.15, 0.2) is 11.2 Å². The lowest BCUT2D eigenvalue weighted by atomic mass is 10.1. The lowest BCUT2D eigenvalue weighted by Crippen LogP contribution is -2.41. The van der Waals surface area contributed by atoms with Gasteiger partial charge < -0.3 is 9.47 Å². The molecule has 0 saturated heterocycles. The number of carbonyl (C=O) groups is 1. The largest absolute Gasteiger partial charge is 0.497 e. The van der Waals surface area contributed by atoms with Gasteiger partial charge in [0, 0.05) is 24.9 Å². The first-order chi connectivity index (χ1) is 16.9. The molecule has 0 atom stereocenters. The van der Waals surface area contributed by atoms with Crippen molar-refractivity contribution in [1.82, 2.24) is 23.1 Å². The van der Waals surface area contributed by atoms with E-state index in [1.165, 1.54) is 11.6 Å². The van der Waals surface area contributed by atoms with E-state index in [2.05, 4.69) is 4.98 Å². The van der Waals surface area contributed by atoms with E-state index in [4.69, 9.17) is 9.47 Å². The van der Waals surface area contributed by atoms with E-state index in [0.717, 1.165) is 21.5 Å². The molecular weight excluding hydrogens is 450 g/mol. The molecule has 2 aromatic carbocycles. The van der Waals surface area contributed by atoms with Crippen molar-refractivity contribution in [3.8, 4) is 22.7 Å². The molecule has 5 rings (SSSR count). The molecule has 0 aliphatic carbocycles. The zero-order valence-corrected chi connectivity index (χ0v) is 19.5. The lowest BCUT2D eigenvalue weighted by molar-refractivity contribution is -0.143. The number of benzene rings is 2. The van der Waals surface area contributed by atoms with Crippen LogP contribution in [0.5, 0.6) is 5.75 Å².